The normalized spacial score (nSPS) is 10.4. The Morgan fingerprint density at radius 3 is 2.57 bits per heavy atom. The Morgan fingerprint density at radius 2 is 1.87 bits per heavy atom. The minimum absolute atomic E-state index is 0.165. The molecule has 0 spiro atoms. The summed E-state index contributed by atoms with van der Waals surface area (Å²) in [5, 5.41) is 6.07. The van der Waals surface area contributed by atoms with E-state index in [1.807, 2.05) is 0 Å². The molecular weight excluding hydrogens is 334 g/mol. The summed E-state index contributed by atoms with van der Waals surface area (Å²) in [5.74, 6) is -0.312. The zero-order valence-corrected chi connectivity index (χ0v) is 14.4. The summed E-state index contributed by atoms with van der Waals surface area (Å²) in [4.78, 5) is 1.24. The van der Waals surface area contributed by atoms with Crippen LogP contribution in [0.5, 0.6) is 0 Å². The molecule has 0 heterocycles. The molecule has 2 N–H and O–H groups in total. The van der Waals surface area contributed by atoms with Crippen molar-refractivity contribution in [1.29, 1.82) is 0 Å². The van der Waals surface area contributed by atoms with Crippen LogP contribution in [0.15, 0.2) is 47.4 Å². The molecule has 0 atom stereocenters. The lowest BCUT2D eigenvalue weighted by atomic mass is 10.2. The van der Waals surface area contributed by atoms with E-state index in [9.17, 15) is 8.78 Å². The molecule has 2 nitrogen and oxygen atoms in total. The standard InChI is InChI=1S/C17H18F2N2S2/c1-12-3-6-14(7-4-12)23-10-2-9-20-17(22)21-16-8-5-13(18)11-15(16)19/h3-8,11H,2,9-10H2,1H3,(H2,20,21,22). The van der Waals surface area contributed by atoms with Gasteiger partial charge in [-0.25, -0.2) is 8.78 Å². The zero-order valence-electron chi connectivity index (χ0n) is 12.7. The third kappa shape index (κ3) is 6.15. The fourth-order valence-electron chi connectivity index (χ4n) is 1.86. The summed E-state index contributed by atoms with van der Waals surface area (Å²) in [6.45, 7) is 2.75. The van der Waals surface area contributed by atoms with Crippen LogP contribution < -0.4 is 10.6 Å². The van der Waals surface area contributed by atoms with Crippen LogP contribution in [0, 0.1) is 18.6 Å². The molecular formula is C17H18F2N2S2. The van der Waals surface area contributed by atoms with Crippen molar-refractivity contribution in [2.24, 2.45) is 0 Å². The average Bonchev–Trinajstić information content (AvgIpc) is 2.51. The van der Waals surface area contributed by atoms with Gasteiger partial charge in [0, 0.05) is 17.5 Å². The number of hydrogen-bond acceptors (Lipinski definition) is 2. The molecule has 2 aromatic carbocycles. The molecule has 0 saturated heterocycles. The third-order valence-corrected chi connectivity index (χ3v) is 4.42. The fourth-order valence-corrected chi connectivity index (χ4v) is 2.92. The van der Waals surface area contributed by atoms with Crippen LogP contribution in [0.3, 0.4) is 0 Å². The highest BCUT2D eigenvalue weighted by atomic mass is 32.2. The first kappa shape index (κ1) is 17.7. The number of thiocarbonyl (C=S) groups is 1. The molecule has 0 bridgehead atoms. The van der Waals surface area contributed by atoms with Gasteiger partial charge in [-0.2, -0.15) is 0 Å². The number of benzene rings is 2. The highest BCUT2D eigenvalue weighted by Crippen LogP contribution is 2.18. The molecule has 2 aromatic rings. The molecule has 122 valence electrons. The van der Waals surface area contributed by atoms with Crippen LogP contribution in [0.25, 0.3) is 0 Å². The van der Waals surface area contributed by atoms with Gasteiger partial charge >= 0.3 is 0 Å². The molecule has 0 aliphatic carbocycles. The van der Waals surface area contributed by atoms with Gasteiger partial charge in [0.15, 0.2) is 5.11 Å². The number of rotatable bonds is 6. The van der Waals surface area contributed by atoms with Gasteiger partial charge in [0.1, 0.15) is 11.6 Å². The van der Waals surface area contributed by atoms with Crippen molar-refractivity contribution in [1.82, 2.24) is 5.32 Å². The average molecular weight is 352 g/mol. The summed E-state index contributed by atoms with van der Waals surface area (Å²) in [6.07, 6.45) is 0.923. The maximum absolute atomic E-state index is 13.5. The quantitative estimate of drug-likeness (QED) is 0.445. The first-order valence-corrected chi connectivity index (χ1v) is 8.63. The van der Waals surface area contributed by atoms with Crippen LogP contribution in [0.1, 0.15) is 12.0 Å². The van der Waals surface area contributed by atoms with Crippen molar-refractivity contribution in [3.05, 3.63) is 59.7 Å². The molecule has 23 heavy (non-hydrogen) atoms. The van der Waals surface area contributed by atoms with Crippen molar-refractivity contribution >= 4 is 34.8 Å². The topological polar surface area (TPSA) is 24.1 Å². The van der Waals surface area contributed by atoms with E-state index in [1.54, 1.807) is 11.8 Å². The van der Waals surface area contributed by atoms with Crippen LogP contribution in [0.4, 0.5) is 14.5 Å². The Labute approximate surface area is 144 Å². The maximum Gasteiger partial charge on any atom is 0.170 e. The van der Waals surface area contributed by atoms with E-state index >= 15 is 0 Å². The lowest BCUT2D eigenvalue weighted by Crippen LogP contribution is -2.29. The van der Waals surface area contributed by atoms with Gasteiger partial charge in [-0.3, -0.25) is 0 Å². The predicted octanol–water partition coefficient (Wildman–Crippen LogP) is 4.74. The molecule has 0 saturated carbocycles. The molecule has 0 amide bonds. The van der Waals surface area contributed by atoms with Gasteiger partial charge in [0.25, 0.3) is 0 Å². The second-order valence-corrected chi connectivity index (χ2v) is 6.60. The van der Waals surface area contributed by atoms with E-state index in [1.165, 1.54) is 22.6 Å². The third-order valence-electron chi connectivity index (χ3n) is 3.08. The van der Waals surface area contributed by atoms with E-state index in [0.29, 0.717) is 11.7 Å². The van der Waals surface area contributed by atoms with Gasteiger partial charge in [0.2, 0.25) is 0 Å². The first-order chi connectivity index (χ1) is 11.0. The zero-order chi connectivity index (χ0) is 16.7. The molecule has 0 aliphatic heterocycles. The van der Waals surface area contributed by atoms with Gasteiger partial charge in [-0.15, -0.1) is 11.8 Å². The fraction of sp³-hybridized carbons (Fsp3) is 0.235. The molecule has 0 radical (unpaired) electrons. The van der Waals surface area contributed by atoms with Gasteiger partial charge in [0.05, 0.1) is 5.69 Å². The molecule has 0 fully saturated rings. The molecule has 2 rings (SSSR count). The Hall–Kier alpha value is -1.66. The van der Waals surface area contributed by atoms with Crippen LogP contribution in [0.2, 0.25) is 0 Å². The van der Waals surface area contributed by atoms with Crippen LogP contribution in [-0.4, -0.2) is 17.4 Å². The molecule has 0 unspecified atom stereocenters. The lowest BCUT2D eigenvalue weighted by molar-refractivity contribution is 0.586. The minimum Gasteiger partial charge on any atom is -0.362 e. The van der Waals surface area contributed by atoms with Crippen molar-refractivity contribution in [2.75, 3.05) is 17.6 Å². The SMILES string of the molecule is Cc1ccc(SCCCNC(=S)Nc2ccc(F)cc2F)cc1. The van der Waals surface area contributed by atoms with Crippen molar-refractivity contribution in [3.8, 4) is 0 Å². The van der Waals surface area contributed by atoms with Crippen LogP contribution in [-0.2, 0) is 0 Å². The molecule has 0 aromatic heterocycles. The van der Waals surface area contributed by atoms with E-state index in [0.717, 1.165) is 18.2 Å². The largest absolute Gasteiger partial charge is 0.362 e. The summed E-state index contributed by atoms with van der Waals surface area (Å²) in [7, 11) is 0. The van der Waals surface area contributed by atoms with E-state index in [2.05, 4.69) is 41.8 Å². The summed E-state index contributed by atoms with van der Waals surface area (Å²) < 4.78 is 26.3. The van der Waals surface area contributed by atoms with Crippen molar-refractivity contribution in [2.45, 2.75) is 18.2 Å². The number of hydrogen-bond donors (Lipinski definition) is 2. The molecule has 6 heteroatoms. The highest BCUT2D eigenvalue weighted by Gasteiger charge is 2.05. The Kier molecular flexibility index (Phi) is 6.80. The van der Waals surface area contributed by atoms with Gasteiger partial charge < -0.3 is 10.6 Å². The Balaban J connectivity index is 1.65. The number of thioether (sulfide) groups is 1. The molecule has 0 aliphatic rings. The van der Waals surface area contributed by atoms with E-state index in [4.69, 9.17) is 12.2 Å². The number of halogens is 2. The number of anilines is 1. The highest BCUT2D eigenvalue weighted by molar-refractivity contribution is 7.99. The predicted molar refractivity (Wildman–Crippen MR) is 97.1 cm³/mol. The Bertz CT molecular complexity index is 660. The minimum atomic E-state index is -0.663. The van der Waals surface area contributed by atoms with Crippen molar-refractivity contribution < 1.29 is 8.78 Å². The van der Waals surface area contributed by atoms with Crippen molar-refractivity contribution in [3.63, 3.8) is 0 Å². The van der Waals surface area contributed by atoms with E-state index in [-0.39, 0.29) is 5.69 Å². The maximum atomic E-state index is 13.5. The summed E-state index contributed by atoms with van der Waals surface area (Å²) in [6, 6.07) is 11.7. The van der Waals surface area contributed by atoms with Gasteiger partial charge in [-0.1, -0.05) is 17.7 Å². The second-order valence-electron chi connectivity index (χ2n) is 5.02. The summed E-state index contributed by atoms with van der Waals surface area (Å²) >= 11 is 6.88. The number of nitrogens with one attached hydrogen (secondary N) is 2. The first-order valence-electron chi connectivity index (χ1n) is 7.24. The van der Waals surface area contributed by atoms with E-state index < -0.39 is 11.6 Å². The lowest BCUT2D eigenvalue weighted by Gasteiger charge is -2.11. The second kappa shape index (κ2) is 8.84. The smallest absolute Gasteiger partial charge is 0.170 e. The van der Waals surface area contributed by atoms with Crippen LogP contribution >= 0.6 is 24.0 Å². The summed E-state index contributed by atoms with van der Waals surface area (Å²) in [5.41, 5.74) is 1.42. The number of aryl methyl sites for hydroxylation is 1. The monoisotopic (exact) mass is 352 g/mol. The Morgan fingerprint density at radius 1 is 1.13 bits per heavy atom. The van der Waals surface area contributed by atoms with Gasteiger partial charge in [-0.05, 0) is 55.6 Å².